The molecule has 0 spiro atoms. The predicted molar refractivity (Wildman–Crippen MR) is 202 cm³/mol. The molecule has 0 unspecified atom stereocenters. The van der Waals surface area contributed by atoms with Crippen molar-refractivity contribution >= 4 is 0 Å². The summed E-state index contributed by atoms with van der Waals surface area (Å²) in [6.45, 7) is 18.0. The summed E-state index contributed by atoms with van der Waals surface area (Å²) in [5.74, 6) is 0. The second kappa shape index (κ2) is 37.0. The van der Waals surface area contributed by atoms with Crippen molar-refractivity contribution in [1.29, 1.82) is 0 Å². The van der Waals surface area contributed by atoms with E-state index in [0.29, 0.717) is 0 Å². The quantitative estimate of drug-likeness (QED) is 0.145. The molecule has 0 atom stereocenters. The smallest absolute Gasteiger partial charge is 0 e. The Hall–Kier alpha value is 0.266. The third kappa shape index (κ3) is 26.1. The Balaban J connectivity index is -0.000000262. The minimum Gasteiger partial charge on any atom is -1.00 e. The summed E-state index contributed by atoms with van der Waals surface area (Å²) in [6, 6.07) is 0. The van der Waals surface area contributed by atoms with Gasteiger partial charge in [-0.1, -0.05) is 200 Å². The molecule has 0 bridgehead atoms. The monoisotopic (exact) mass is 850 g/mol. The maximum atomic E-state index is 2.40. The molecule has 0 radical (unpaired) electrons. The molecule has 0 saturated heterocycles. The summed E-state index contributed by atoms with van der Waals surface area (Å²) >= 11 is 0. The first-order chi connectivity index (χ1) is 21.5. The van der Waals surface area contributed by atoms with Crippen molar-refractivity contribution < 1.29 is 77.2 Å². The Morgan fingerprint density at radius 3 is 0.625 bits per heavy atom. The number of hydrogen-bond donors (Lipinski definition) is 0. The molecule has 0 saturated carbocycles. The van der Waals surface area contributed by atoms with Crippen LogP contribution in [0.4, 0.5) is 0 Å². The van der Waals surface area contributed by atoms with Gasteiger partial charge in [0.05, 0.1) is 0 Å². The van der Waals surface area contributed by atoms with Crippen LogP contribution in [0.3, 0.4) is 0 Å². The molecule has 4 rings (SSSR count). The summed E-state index contributed by atoms with van der Waals surface area (Å²) < 4.78 is 0. The summed E-state index contributed by atoms with van der Waals surface area (Å²) in [6.07, 6.45) is 44.6. The van der Waals surface area contributed by atoms with Gasteiger partial charge in [0.2, 0.25) is 0 Å². The van der Waals surface area contributed by atoms with E-state index < -0.39 is 0 Å². The van der Waals surface area contributed by atoms with E-state index >= 15 is 0 Å². The molecule has 0 nitrogen and oxygen atoms in total. The van der Waals surface area contributed by atoms with Gasteiger partial charge in [-0.05, 0) is 77.0 Å². The molecule has 0 fully saturated rings. The summed E-state index contributed by atoms with van der Waals surface area (Å²) in [5, 5.41) is 0. The fourth-order valence-corrected chi connectivity index (χ4v) is 6.40. The Kier molecular flexibility index (Phi) is 42.5. The molecule has 0 N–H and O–H groups in total. The molecule has 4 aliphatic carbocycles. The van der Waals surface area contributed by atoms with E-state index in [0.717, 1.165) is 0 Å². The summed E-state index contributed by atoms with van der Waals surface area (Å²) in [7, 11) is 0. The molecule has 0 aromatic rings. The number of allylic oxidation sites excluding steroid dienone is 16. The topological polar surface area (TPSA) is 0 Å². The number of rotatable bonds is 16. The fourth-order valence-electron chi connectivity index (χ4n) is 6.40. The van der Waals surface area contributed by atoms with Gasteiger partial charge in [0, 0.05) is 52.4 Å². The van der Waals surface area contributed by atoms with Crippen molar-refractivity contribution in [2.45, 2.75) is 184 Å². The van der Waals surface area contributed by atoms with Crippen LogP contribution in [0.25, 0.3) is 0 Å². The van der Waals surface area contributed by atoms with Gasteiger partial charge < -0.3 is 24.8 Å². The third-order valence-corrected chi connectivity index (χ3v) is 8.50. The van der Waals surface area contributed by atoms with Crippen molar-refractivity contribution in [1.82, 2.24) is 0 Å². The minimum atomic E-state index is 0. The fraction of sp³-hybridized carbons (Fsp3) is 0.636. The van der Waals surface area contributed by atoms with E-state index in [4.69, 9.17) is 0 Å². The van der Waals surface area contributed by atoms with Crippen molar-refractivity contribution in [3.8, 4) is 0 Å². The molecule has 48 heavy (non-hydrogen) atoms. The van der Waals surface area contributed by atoms with Gasteiger partial charge in [0.25, 0.3) is 0 Å². The SMILES string of the molecule is CCCC1=CCC(CCC)=C1.CCCC1=CCC(CCC)=C1.CCCC1=CCC(CCC)=C1.CCCC1=CCC(CCC)=C1.[Cl-].[Cl-].[Zr].[Zr]. The molecular formula is C44H72Cl2Zr2-2. The normalized spacial score (nSPS) is 15.2. The minimum absolute atomic E-state index is 0. The number of hydrogen-bond acceptors (Lipinski definition) is 0. The van der Waals surface area contributed by atoms with E-state index in [1.165, 1.54) is 128 Å². The zero-order valence-electron chi connectivity index (χ0n) is 32.5. The van der Waals surface area contributed by atoms with E-state index in [1.54, 1.807) is 44.6 Å². The van der Waals surface area contributed by atoms with Gasteiger partial charge in [-0.25, -0.2) is 0 Å². The standard InChI is InChI=1S/4C11H18.2ClH.2Zr/c4*1-3-5-10-7-8-11(9-10)6-4-2;;;;/h4*7,9H,3-6,8H2,1-2H3;2*1H;;/p-2. The largest absolute Gasteiger partial charge is 1.00 e. The van der Waals surface area contributed by atoms with Crippen molar-refractivity contribution in [3.05, 3.63) is 93.2 Å². The first-order valence-electron chi connectivity index (χ1n) is 19.0. The van der Waals surface area contributed by atoms with Gasteiger partial charge in [-0.2, -0.15) is 0 Å². The zero-order valence-corrected chi connectivity index (χ0v) is 38.9. The molecule has 0 aromatic carbocycles. The first-order valence-corrected chi connectivity index (χ1v) is 19.0. The van der Waals surface area contributed by atoms with Crippen LogP contribution in [0.2, 0.25) is 0 Å². The molecule has 4 heteroatoms. The zero-order chi connectivity index (χ0) is 32.4. The molecule has 0 aromatic heterocycles. The predicted octanol–water partition coefficient (Wildman–Crippen LogP) is 9.38. The van der Waals surface area contributed by atoms with E-state index in [-0.39, 0.29) is 77.2 Å². The van der Waals surface area contributed by atoms with Crippen LogP contribution < -0.4 is 24.8 Å². The van der Waals surface area contributed by atoms with Gasteiger partial charge in [-0.3, -0.25) is 0 Å². The van der Waals surface area contributed by atoms with Gasteiger partial charge in [0.15, 0.2) is 0 Å². The van der Waals surface area contributed by atoms with Gasteiger partial charge >= 0.3 is 0 Å². The molecule has 4 aliphatic rings. The van der Waals surface area contributed by atoms with Crippen LogP contribution >= 0.6 is 0 Å². The summed E-state index contributed by atoms with van der Waals surface area (Å²) in [5.41, 5.74) is 12.8. The van der Waals surface area contributed by atoms with Crippen molar-refractivity contribution in [2.24, 2.45) is 0 Å². The second-order valence-electron chi connectivity index (χ2n) is 13.1. The average molecular weight is 854 g/mol. The maximum absolute atomic E-state index is 2.40. The van der Waals surface area contributed by atoms with Crippen molar-refractivity contribution in [2.75, 3.05) is 0 Å². The van der Waals surface area contributed by atoms with Gasteiger partial charge in [0.1, 0.15) is 0 Å². The van der Waals surface area contributed by atoms with Crippen LogP contribution in [0, 0.1) is 0 Å². The summed E-state index contributed by atoms with van der Waals surface area (Å²) in [4.78, 5) is 0. The van der Waals surface area contributed by atoms with E-state index in [9.17, 15) is 0 Å². The Bertz CT molecular complexity index is 882. The van der Waals surface area contributed by atoms with Crippen LogP contribution in [-0.2, 0) is 52.4 Å². The van der Waals surface area contributed by atoms with Gasteiger partial charge in [-0.15, -0.1) is 0 Å². The third-order valence-electron chi connectivity index (χ3n) is 8.50. The van der Waals surface area contributed by atoms with Crippen LogP contribution in [0.15, 0.2) is 93.2 Å². The molecule has 272 valence electrons. The van der Waals surface area contributed by atoms with Crippen molar-refractivity contribution in [3.63, 3.8) is 0 Å². The van der Waals surface area contributed by atoms with E-state index in [1.807, 2.05) is 0 Å². The second-order valence-corrected chi connectivity index (χ2v) is 13.1. The average Bonchev–Trinajstić information content (AvgIpc) is 3.82. The number of halogens is 2. The Morgan fingerprint density at radius 1 is 0.312 bits per heavy atom. The van der Waals surface area contributed by atoms with E-state index in [2.05, 4.69) is 104 Å². The van der Waals surface area contributed by atoms with Crippen LogP contribution in [0.5, 0.6) is 0 Å². The molecular weight excluding hydrogens is 782 g/mol. The first kappa shape index (κ1) is 55.0. The van der Waals surface area contributed by atoms with Crippen LogP contribution in [0.1, 0.15) is 184 Å². The Morgan fingerprint density at radius 2 is 0.479 bits per heavy atom. The maximum Gasteiger partial charge on any atom is 0 e. The Labute approximate surface area is 351 Å². The molecule has 0 aliphatic heterocycles. The van der Waals surface area contributed by atoms with Crippen LogP contribution in [-0.4, -0.2) is 0 Å². The molecule has 0 heterocycles. The molecule has 0 amide bonds.